The van der Waals surface area contributed by atoms with E-state index in [4.69, 9.17) is 11.6 Å². The van der Waals surface area contributed by atoms with Gasteiger partial charge < -0.3 is 5.32 Å². The lowest BCUT2D eigenvalue weighted by molar-refractivity contribution is 0.0954. The Morgan fingerprint density at radius 1 is 1.14 bits per heavy atom. The summed E-state index contributed by atoms with van der Waals surface area (Å²) >= 11 is 5.97. The molecule has 1 heterocycles. The first-order valence-electron chi connectivity index (χ1n) is 9.11. The molecule has 1 N–H and O–H groups in total. The van der Waals surface area contributed by atoms with Crippen LogP contribution < -0.4 is 5.32 Å². The van der Waals surface area contributed by atoms with Crippen LogP contribution in [0.1, 0.15) is 16.8 Å². The van der Waals surface area contributed by atoms with E-state index < -0.39 is 10.0 Å². The molecule has 8 heteroatoms. The summed E-state index contributed by atoms with van der Waals surface area (Å²) < 4.78 is 24.2. The molecule has 0 spiro atoms. The van der Waals surface area contributed by atoms with Gasteiger partial charge in [0.05, 0.1) is 23.0 Å². The number of halogens is 1. The van der Waals surface area contributed by atoms with Crippen molar-refractivity contribution >= 4 is 38.4 Å². The van der Waals surface area contributed by atoms with Gasteiger partial charge in [-0.05, 0) is 30.7 Å². The van der Waals surface area contributed by atoms with Crippen molar-refractivity contribution in [2.24, 2.45) is 0 Å². The predicted octanol–water partition coefficient (Wildman–Crippen LogP) is 3.57. The normalized spacial score (nSPS) is 11.7. The van der Waals surface area contributed by atoms with Gasteiger partial charge in [0.15, 0.2) is 0 Å². The van der Waals surface area contributed by atoms with Crippen LogP contribution >= 0.6 is 11.6 Å². The maximum Gasteiger partial charge on any atom is 0.252 e. The molecular formula is C21H22ClN3O3S. The highest BCUT2D eigenvalue weighted by Gasteiger charge is 2.14. The Morgan fingerprint density at radius 3 is 2.52 bits per heavy atom. The Balaban J connectivity index is 1.82. The molecule has 3 rings (SSSR count). The summed E-state index contributed by atoms with van der Waals surface area (Å²) in [5, 5.41) is 4.27. The predicted molar refractivity (Wildman–Crippen MR) is 117 cm³/mol. The first kappa shape index (κ1) is 21.2. The minimum atomic E-state index is -3.22. The van der Waals surface area contributed by atoms with Crippen molar-refractivity contribution < 1.29 is 13.2 Å². The van der Waals surface area contributed by atoms with Crippen LogP contribution in [-0.2, 0) is 10.0 Å². The third kappa shape index (κ3) is 5.32. The molecule has 0 unspecified atom stereocenters. The maximum absolute atomic E-state index is 12.8. The highest BCUT2D eigenvalue weighted by Crippen LogP contribution is 2.26. The number of hydrogen-bond acceptors (Lipinski definition) is 4. The van der Waals surface area contributed by atoms with E-state index in [1.807, 2.05) is 36.4 Å². The van der Waals surface area contributed by atoms with E-state index in [1.165, 1.54) is 11.4 Å². The van der Waals surface area contributed by atoms with E-state index >= 15 is 0 Å². The standard InChI is InChI=1S/C21H22ClN3O3S/c1-25(29(2,27)28)13-5-12-23-21(26)18-14-20(15-8-10-16(22)11-9-15)24-19-7-4-3-6-17(18)19/h3-4,6-11,14H,5,12-13H2,1-2H3,(H,23,26). The number of para-hydroxylation sites is 1. The van der Waals surface area contributed by atoms with Crippen LogP contribution in [0.5, 0.6) is 0 Å². The number of pyridine rings is 1. The third-order valence-electron chi connectivity index (χ3n) is 4.60. The fourth-order valence-corrected chi connectivity index (χ4v) is 3.48. The van der Waals surface area contributed by atoms with Crippen molar-refractivity contribution in [3.8, 4) is 11.3 Å². The zero-order valence-electron chi connectivity index (χ0n) is 16.2. The van der Waals surface area contributed by atoms with Crippen molar-refractivity contribution in [2.45, 2.75) is 6.42 Å². The fraction of sp³-hybridized carbons (Fsp3) is 0.238. The van der Waals surface area contributed by atoms with E-state index in [2.05, 4.69) is 10.3 Å². The van der Waals surface area contributed by atoms with Crippen molar-refractivity contribution in [1.82, 2.24) is 14.6 Å². The summed E-state index contributed by atoms with van der Waals surface area (Å²) in [5.74, 6) is -0.221. The van der Waals surface area contributed by atoms with Crippen molar-refractivity contribution in [1.29, 1.82) is 0 Å². The minimum Gasteiger partial charge on any atom is -0.352 e. The number of nitrogens with zero attached hydrogens (tertiary/aromatic N) is 2. The molecule has 152 valence electrons. The lowest BCUT2D eigenvalue weighted by Gasteiger charge is -2.14. The third-order valence-corrected chi connectivity index (χ3v) is 6.17. The van der Waals surface area contributed by atoms with E-state index in [0.717, 1.165) is 22.7 Å². The number of amides is 1. The first-order chi connectivity index (χ1) is 13.8. The summed E-state index contributed by atoms with van der Waals surface area (Å²) in [5.41, 5.74) is 2.80. The number of fused-ring (bicyclic) bond motifs is 1. The van der Waals surface area contributed by atoms with Crippen molar-refractivity contribution in [3.05, 3.63) is 65.2 Å². The van der Waals surface area contributed by atoms with Gasteiger partial charge in [0.25, 0.3) is 5.91 Å². The number of hydrogen-bond donors (Lipinski definition) is 1. The van der Waals surface area contributed by atoms with E-state index in [9.17, 15) is 13.2 Å². The Bertz CT molecular complexity index is 1130. The Hall–Kier alpha value is -2.48. The molecule has 0 saturated carbocycles. The van der Waals surface area contributed by atoms with E-state index in [0.29, 0.717) is 35.8 Å². The van der Waals surface area contributed by atoms with Gasteiger partial charge in [-0.1, -0.05) is 41.9 Å². The number of rotatable bonds is 7. The average Bonchev–Trinajstić information content (AvgIpc) is 2.69. The fourth-order valence-electron chi connectivity index (χ4n) is 2.90. The second-order valence-corrected chi connectivity index (χ2v) is 9.30. The van der Waals surface area contributed by atoms with Crippen LogP contribution in [0.15, 0.2) is 54.6 Å². The van der Waals surface area contributed by atoms with E-state index in [-0.39, 0.29) is 5.91 Å². The largest absolute Gasteiger partial charge is 0.352 e. The molecule has 0 aliphatic carbocycles. The molecule has 6 nitrogen and oxygen atoms in total. The second-order valence-electron chi connectivity index (χ2n) is 6.77. The van der Waals surface area contributed by atoms with Crippen LogP contribution in [0.3, 0.4) is 0 Å². The second kappa shape index (κ2) is 8.90. The molecule has 0 bridgehead atoms. The van der Waals surface area contributed by atoms with Crippen molar-refractivity contribution in [2.75, 3.05) is 26.4 Å². The van der Waals surface area contributed by atoms with Crippen molar-refractivity contribution in [3.63, 3.8) is 0 Å². The minimum absolute atomic E-state index is 0.221. The van der Waals surface area contributed by atoms with Gasteiger partial charge in [-0.3, -0.25) is 4.79 Å². The quantitative estimate of drug-likeness (QED) is 0.580. The molecule has 29 heavy (non-hydrogen) atoms. The van der Waals surface area contributed by atoms with Crippen LogP contribution in [0.4, 0.5) is 0 Å². The summed E-state index contributed by atoms with van der Waals surface area (Å²) in [6.45, 7) is 0.706. The number of carbonyl (C=O) groups excluding carboxylic acids is 1. The first-order valence-corrected chi connectivity index (χ1v) is 11.3. The Labute approximate surface area is 175 Å². The van der Waals surface area contributed by atoms with E-state index in [1.54, 1.807) is 18.2 Å². The Morgan fingerprint density at radius 2 is 1.83 bits per heavy atom. The lowest BCUT2D eigenvalue weighted by atomic mass is 10.0. The molecule has 0 atom stereocenters. The van der Waals surface area contributed by atoms with Gasteiger partial charge in [-0.2, -0.15) is 0 Å². The number of carbonyl (C=O) groups is 1. The summed E-state index contributed by atoms with van der Waals surface area (Å²) in [6.07, 6.45) is 1.68. The van der Waals surface area contributed by atoms with Gasteiger partial charge >= 0.3 is 0 Å². The van der Waals surface area contributed by atoms with Gasteiger partial charge in [-0.25, -0.2) is 17.7 Å². The molecular weight excluding hydrogens is 410 g/mol. The van der Waals surface area contributed by atoms with Gasteiger partial charge in [-0.15, -0.1) is 0 Å². The SMILES string of the molecule is CN(CCCNC(=O)c1cc(-c2ccc(Cl)cc2)nc2ccccc12)S(C)(=O)=O. The summed E-state index contributed by atoms with van der Waals surface area (Å²) in [6, 6.07) is 16.5. The molecule has 2 aromatic carbocycles. The van der Waals surface area contributed by atoms with Gasteiger partial charge in [0.2, 0.25) is 10.0 Å². The number of sulfonamides is 1. The molecule has 1 amide bonds. The van der Waals surface area contributed by atoms with Crippen LogP contribution in [-0.4, -0.2) is 50.0 Å². The summed E-state index contributed by atoms with van der Waals surface area (Å²) in [4.78, 5) is 17.5. The summed E-state index contributed by atoms with van der Waals surface area (Å²) in [7, 11) is -1.70. The molecule has 0 saturated heterocycles. The highest BCUT2D eigenvalue weighted by atomic mass is 35.5. The number of benzene rings is 2. The zero-order chi connectivity index (χ0) is 21.0. The molecule has 0 aliphatic rings. The van der Waals surface area contributed by atoms with Crippen LogP contribution in [0, 0.1) is 0 Å². The monoisotopic (exact) mass is 431 g/mol. The number of aromatic nitrogens is 1. The zero-order valence-corrected chi connectivity index (χ0v) is 17.8. The molecule has 0 aliphatic heterocycles. The smallest absolute Gasteiger partial charge is 0.252 e. The molecule has 0 fully saturated rings. The van der Waals surface area contributed by atoms with Crippen LogP contribution in [0.25, 0.3) is 22.2 Å². The molecule has 0 radical (unpaired) electrons. The maximum atomic E-state index is 12.8. The topological polar surface area (TPSA) is 79.4 Å². The highest BCUT2D eigenvalue weighted by molar-refractivity contribution is 7.88. The molecule has 1 aromatic heterocycles. The van der Waals surface area contributed by atoms with Gasteiger partial charge in [0, 0.05) is 36.1 Å². The number of nitrogens with one attached hydrogen (secondary N) is 1. The van der Waals surface area contributed by atoms with Crippen LogP contribution in [0.2, 0.25) is 5.02 Å². The van der Waals surface area contributed by atoms with Gasteiger partial charge in [0.1, 0.15) is 0 Å². The lowest BCUT2D eigenvalue weighted by Crippen LogP contribution is -2.31. The molecule has 3 aromatic rings. The Kier molecular flexibility index (Phi) is 6.52. The average molecular weight is 432 g/mol.